The maximum absolute atomic E-state index is 13.2. The standard InChI is InChI=1S/C21H32N4O2.ClH/c1-15-7-5-9-18(13-15)23-21(27)24-11-6-8-17(14-24)20(26)25-12-4-3-10-19(25)16(2)22;/h5,7,9,13,16-17,19H,3-4,6,8,10-12,14,22H2,1-2H3,(H,23,27);1H. The van der Waals surface area contributed by atoms with E-state index in [1.54, 1.807) is 4.90 Å². The Hall–Kier alpha value is -1.79. The average Bonchev–Trinajstić information content (AvgIpc) is 2.67. The van der Waals surface area contributed by atoms with Crippen LogP contribution in [0.25, 0.3) is 0 Å². The van der Waals surface area contributed by atoms with Crippen molar-refractivity contribution in [3.63, 3.8) is 0 Å². The molecule has 0 aliphatic carbocycles. The summed E-state index contributed by atoms with van der Waals surface area (Å²) in [5, 5.41) is 2.96. The number of piperidine rings is 2. The van der Waals surface area contributed by atoms with Crippen molar-refractivity contribution < 1.29 is 9.59 Å². The molecule has 2 aliphatic rings. The summed E-state index contributed by atoms with van der Waals surface area (Å²) < 4.78 is 0. The van der Waals surface area contributed by atoms with E-state index in [1.807, 2.05) is 43.0 Å². The number of halogens is 1. The van der Waals surface area contributed by atoms with Crippen LogP contribution in [-0.2, 0) is 4.79 Å². The summed E-state index contributed by atoms with van der Waals surface area (Å²) in [5.41, 5.74) is 8.03. The summed E-state index contributed by atoms with van der Waals surface area (Å²) in [6, 6.07) is 7.75. The molecule has 0 aromatic heterocycles. The number of likely N-dealkylation sites (tertiary alicyclic amines) is 2. The second kappa shape index (κ2) is 10.1. The predicted molar refractivity (Wildman–Crippen MR) is 115 cm³/mol. The Morgan fingerprint density at radius 3 is 2.68 bits per heavy atom. The number of carbonyl (C=O) groups excluding carboxylic acids is 2. The van der Waals surface area contributed by atoms with Crippen LogP contribution < -0.4 is 11.1 Å². The lowest BCUT2D eigenvalue weighted by Crippen LogP contribution is -2.55. The average molecular weight is 409 g/mol. The van der Waals surface area contributed by atoms with Crippen molar-refractivity contribution in [1.29, 1.82) is 0 Å². The van der Waals surface area contributed by atoms with E-state index in [9.17, 15) is 9.59 Å². The highest BCUT2D eigenvalue weighted by Crippen LogP contribution is 2.25. The number of nitrogens with two attached hydrogens (primary N) is 1. The second-order valence-corrected chi connectivity index (χ2v) is 8.04. The number of nitrogens with one attached hydrogen (secondary N) is 1. The zero-order valence-corrected chi connectivity index (χ0v) is 17.7. The van der Waals surface area contributed by atoms with Crippen LogP contribution in [0.2, 0.25) is 0 Å². The molecule has 3 atom stereocenters. The topological polar surface area (TPSA) is 78.7 Å². The van der Waals surface area contributed by atoms with Gasteiger partial charge in [0.25, 0.3) is 0 Å². The van der Waals surface area contributed by atoms with Crippen molar-refractivity contribution in [3.05, 3.63) is 29.8 Å². The molecular weight excluding hydrogens is 376 g/mol. The normalized spacial score (nSPS) is 23.5. The SMILES string of the molecule is Cc1cccc(NC(=O)N2CCCC(C(=O)N3CCCCC3C(C)N)C2)c1.Cl. The molecule has 156 valence electrons. The van der Waals surface area contributed by atoms with Crippen molar-refractivity contribution in [2.24, 2.45) is 11.7 Å². The maximum atomic E-state index is 13.2. The van der Waals surface area contributed by atoms with Crippen molar-refractivity contribution >= 4 is 30.0 Å². The maximum Gasteiger partial charge on any atom is 0.321 e. The van der Waals surface area contributed by atoms with Crippen LogP contribution in [0.1, 0.15) is 44.6 Å². The third kappa shape index (κ3) is 5.39. The first kappa shape index (κ1) is 22.5. The lowest BCUT2D eigenvalue weighted by molar-refractivity contribution is -0.141. The van der Waals surface area contributed by atoms with Gasteiger partial charge in [-0.3, -0.25) is 4.79 Å². The number of hydrogen-bond donors (Lipinski definition) is 2. The molecule has 3 amide bonds. The molecule has 0 bridgehead atoms. The Bertz CT molecular complexity index is 682. The summed E-state index contributed by atoms with van der Waals surface area (Å²) in [4.78, 5) is 29.6. The summed E-state index contributed by atoms with van der Waals surface area (Å²) >= 11 is 0. The van der Waals surface area contributed by atoms with Gasteiger partial charge in [0.2, 0.25) is 5.91 Å². The smallest absolute Gasteiger partial charge is 0.321 e. The van der Waals surface area contributed by atoms with E-state index in [1.165, 1.54) is 0 Å². The van der Waals surface area contributed by atoms with Crippen LogP contribution in [0.3, 0.4) is 0 Å². The fourth-order valence-corrected chi connectivity index (χ4v) is 4.30. The van der Waals surface area contributed by atoms with Gasteiger partial charge in [-0.05, 0) is 63.6 Å². The summed E-state index contributed by atoms with van der Waals surface area (Å²) in [6.45, 7) is 5.95. The van der Waals surface area contributed by atoms with Gasteiger partial charge in [0.05, 0.1) is 5.92 Å². The number of carbonyl (C=O) groups is 2. The Morgan fingerprint density at radius 2 is 1.96 bits per heavy atom. The number of amides is 3. The molecule has 2 saturated heterocycles. The van der Waals surface area contributed by atoms with Crippen LogP contribution in [-0.4, -0.2) is 53.5 Å². The van der Waals surface area contributed by atoms with Crippen LogP contribution in [0.5, 0.6) is 0 Å². The molecule has 0 saturated carbocycles. The highest BCUT2D eigenvalue weighted by molar-refractivity contribution is 5.90. The third-order valence-electron chi connectivity index (χ3n) is 5.77. The molecule has 6 nitrogen and oxygen atoms in total. The highest BCUT2D eigenvalue weighted by Gasteiger charge is 2.36. The lowest BCUT2D eigenvalue weighted by Gasteiger charge is -2.41. The van der Waals surface area contributed by atoms with E-state index in [0.717, 1.165) is 49.9 Å². The van der Waals surface area contributed by atoms with E-state index in [0.29, 0.717) is 13.1 Å². The molecule has 7 heteroatoms. The van der Waals surface area contributed by atoms with E-state index < -0.39 is 0 Å². The van der Waals surface area contributed by atoms with Gasteiger partial charge in [-0.25, -0.2) is 4.79 Å². The Morgan fingerprint density at radius 1 is 1.18 bits per heavy atom. The zero-order chi connectivity index (χ0) is 19.4. The molecule has 0 radical (unpaired) electrons. The summed E-state index contributed by atoms with van der Waals surface area (Å²) in [6.07, 6.45) is 4.85. The van der Waals surface area contributed by atoms with Crippen LogP contribution in [0.15, 0.2) is 24.3 Å². The van der Waals surface area contributed by atoms with Gasteiger partial charge in [0.1, 0.15) is 0 Å². The molecular formula is C21H33ClN4O2. The molecule has 2 heterocycles. The summed E-state index contributed by atoms with van der Waals surface area (Å²) in [5.74, 6) is 0.0476. The minimum atomic E-state index is -0.125. The van der Waals surface area contributed by atoms with Crippen LogP contribution in [0, 0.1) is 12.8 Å². The molecule has 2 fully saturated rings. The number of rotatable bonds is 3. The van der Waals surface area contributed by atoms with Gasteiger partial charge in [-0.2, -0.15) is 0 Å². The largest absolute Gasteiger partial charge is 0.338 e. The van der Waals surface area contributed by atoms with Crippen molar-refractivity contribution in [2.75, 3.05) is 25.0 Å². The van der Waals surface area contributed by atoms with E-state index in [-0.39, 0.29) is 42.3 Å². The molecule has 1 aromatic carbocycles. The minimum Gasteiger partial charge on any atom is -0.338 e. The fraction of sp³-hybridized carbons (Fsp3) is 0.619. The first-order valence-corrected chi connectivity index (χ1v) is 10.1. The zero-order valence-electron chi connectivity index (χ0n) is 16.9. The van der Waals surface area contributed by atoms with Gasteiger partial charge in [-0.1, -0.05) is 12.1 Å². The molecule has 3 N–H and O–H groups in total. The number of urea groups is 1. The quantitative estimate of drug-likeness (QED) is 0.804. The fourth-order valence-electron chi connectivity index (χ4n) is 4.30. The first-order chi connectivity index (χ1) is 13.0. The number of nitrogens with zero attached hydrogens (tertiary/aromatic N) is 2. The number of aryl methyl sites for hydroxylation is 1. The van der Waals surface area contributed by atoms with Crippen LogP contribution in [0.4, 0.5) is 10.5 Å². The predicted octanol–water partition coefficient (Wildman–Crippen LogP) is 3.39. The van der Waals surface area contributed by atoms with Crippen molar-refractivity contribution in [1.82, 2.24) is 9.80 Å². The third-order valence-corrected chi connectivity index (χ3v) is 5.77. The van der Waals surface area contributed by atoms with Gasteiger partial charge in [0, 0.05) is 37.4 Å². The molecule has 3 unspecified atom stereocenters. The Kier molecular flexibility index (Phi) is 8.13. The van der Waals surface area contributed by atoms with Gasteiger partial charge in [-0.15, -0.1) is 12.4 Å². The van der Waals surface area contributed by atoms with Gasteiger partial charge in [0.15, 0.2) is 0 Å². The van der Waals surface area contributed by atoms with Crippen molar-refractivity contribution in [3.8, 4) is 0 Å². The number of hydrogen-bond acceptors (Lipinski definition) is 3. The molecule has 3 rings (SSSR count). The van der Waals surface area contributed by atoms with E-state index in [2.05, 4.69) is 5.32 Å². The molecule has 28 heavy (non-hydrogen) atoms. The summed E-state index contributed by atoms with van der Waals surface area (Å²) in [7, 11) is 0. The van der Waals surface area contributed by atoms with Gasteiger partial charge >= 0.3 is 6.03 Å². The monoisotopic (exact) mass is 408 g/mol. The Labute approximate surface area is 174 Å². The first-order valence-electron chi connectivity index (χ1n) is 10.1. The Balaban J connectivity index is 0.00000280. The van der Waals surface area contributed by atoms with Crippen LogP contribution >= 0.6 is 12.4 Å². The highest BCUT2D eigenvalue weighted by atomic mass is 35.5. The van der Waals surface area contributed by atoms with E-state index >= 15 is 0 Å². The van der Waals surface area contributed by atoms with E-state index in [4.69, 9.17) is 5.73 Å². The van der Waals surface area contributed by atoms with Crippen molar-refractivity contribution in [2.45, 2.75) is 58.0 Å². The second-order valence-electron chi connectivity index (χ2n) is 8.04. The molecule has 0 spiro atoms. The van der Waals surface area contributed by atoms with Gasteiger partial charge < -0.3 is 20.9 Å². The molecule has 1 aromatic rings. The number of benzene rings is 1. The minimum absolute atomic E-state index is 0. The number of anilines is 1. The molecule has 2 aliphatic heterocycles. The lowest BCUT2D eigenvalue weighted by atomic mass is 9.91.